The van der Waals surface area contributed by atoms with Crippen molar-refractivity contribution >= 4 is 37.3 Å². The molecular formula is C11H12BrNO3S2. The van der Waals surface area contributed by atoms with E-state index < -0.39 is 10.0 Å². The average Bonchev–Trinajstić information content (AvgIpc) is 2.88. The number of furan rings is 1. The molecule has 0 bridgehead atoms. The largest absolute Gasteiger partial charge is 0.469 e. The molecule has 0 N–H and O–H groups in total. The van der Waals surface area contributed by atoms with Crippen molar-refractivity contribution in [2.75, 3.05) is 7.05 Å². The van der Waals surface area contributed by atoms with Crippen molar-refractivity contribution in [2.24, 2.45) is 0 Å². The third-order valence-electron chi connectivity index (χ3n) is 2.59. The van der Waals surface area contributed by atoms with E-state index in [1.807, 2.05) is 6.92 Å². The minimum atomic E-state index is -3.46. The fraction of sp³-hybridized carbons (Fsp3) is 0.273. The summed E-state index contributed by atoms with van der Waals surface area (Å²) in [5.41, 5.74) is 0.869. The topological polar surface area (TPSA) is 50.5 Å². The summed E-state index contributed by atoms with van der Waals surface area (Å²) in [6.45, 7) is 2.12. The number of nitrogens with zero attached hydrogens (tertiary/aromatic N) is 1. The molecule has 0 aromatic carbocycles. The second-order valence-electron chi connectivity index (χ2n) is 3.82. The Morgan fingerprint density at radius 1 is 1.44 bits per heavy atom. The number of sulfonamides is 1. The molecule has 0 unspecified atom stereocenters. The van der Waals surface area contributed by atoms with Gasteiger partial charge in [0.05, 0.1) is 6.26 Å². The highest BCUT2D eigenvalue weighted by atomic mass is 79.9. The first-order valence-corrected chi connectivity index (χ1v) is 8.26. The Bertz CT molecular complexity index is 645. The van der Waals surface area contributed by atoms with Crippen molar-refractivity contribution in [3.63, 3.8) is 0 Å². The Morgan fingerprint density at radius 2 is 2.17 bits per heavy atom. The zero-order valence-corrected chi connectivity index (χ0v) is 13.1. The van der Waals surface area contributed by atoms with Crippen LogP contribution in [0.2, 0.25) is 0 Å². The monoisotopic (exact) mass is 349 g/mol. The minimum absolute atomic E-state index is 0.301. The molecule has 0 fully saturated rings. The van der Waals surface area contributed by atoms with E-state index in [-0.39, 0.29) is 0 Å². The molecule has 2 rings (SSSR count). The fourth-order valence-electron chi connectivity index (χ4n) is 1.51. The van der Waals surface area contributed by atoms with Crippen LogP contribution < -0.4 is 0 Å². The van der Waals surface area contributed by atoms with Crippen molar-refractivity contribution in [3.8, 4) is 0 Å². The standard InChI is InChI=1S/C11H12BrNO3S2/c1-8-9(3-5-16-8)7-13(2)18(14,15)11-10(12)4-6-17-11/h3-6H,7H2,1-2H3. The van der Waals surface area contributed by atoms with Crippen molar-refractivity contribution in [2.45, 2.75) is 17.7 Å². The first-order valence-electron chi connectivity index (χ1n) is 5.15. The zero-order chi connectivity index (χ0) is 13.3. The molecule has 7 heteroatoms. The van der Waals surface area contributed by atoms with Crippen molar-refractivity contribution in [1.29, 1.82) is 0 Å². The second-order valence-corrected chi connectivity index (χ2v) is 7.83. The van der Waals surface area contributed by atoms with Gasteiger partial charge in [-0.3, -0.25) is 0 Å². The summed E-state index contributed by atoms with van der Waals surface area (Å²) < 4.78 is 32.1. The maximum atomic E-state index is 12.3. The van der Waals surface area contributed by atoms with Gasteiger partial charge in [-0.1, -0.05) is 0 Å². The van der Waals surface area contributed by atoms with E-state index in [2.05, 4.69) is 15.9 Å². The van der Waals surface area contributed by atoms with Gasteiger partial charge in [0.1, 0.15) is 9.97 Å². The van der Waals surface area contributed by atoms with Crippen LogP contribution in [0.4, 0.5) is 0 Å². The number of hydrogen-bond donors (Lipinski definition) is 0. The molecule has 0 aliphatic carbocycles. The van der Waals surface area contributed by atoms with Crippen LogP contribution in [0.25, 0.3) is 0 Å². The second kappa shape index (κ2) is 5.16. The van der Waals surface area contributed by atoms with Crippen molar-refractivity contribution in [1.82, 2.24) is 4.31 Å². The summed E-state index contributed by atoms with van der Waals surface area (Å²) in [7, 11) is -1.89. The molecule has 2 aromatic rings. The molecule has 0 spiro atoms. The highest BCUT2D eigenvalue weighted by Gasteiger charge is 2.25. The van der Waals surface area contributed by atoms with Crippen LogP contribution in [-0.4, -0.2) is 19.8 Å². The molecule has 2 aromatic heterocycles. The van der Waals surface area contributed by atoms with Gasteiger partial charge in [-0.25, -0.2) is 8.42 Å². The fourth-order valence-corrected chi connectivity index (χ4v) is 5.16. The van der Waals surface area contributed by atoms with Gasteiger partial charge >= 0.3 is 0 Å². The maximum Gasteiger partial charge on any atom is 0.253 e. The van der Waals surface area contributed by atoms with Crippen LogP contribution in [0.3, 0.4) is 0 Å². The molecule has 0 radical (unpaired) electrons. The molecule has 4 nitrogen and oxygen atoms in total. The Balaban J connectivity index is 2.27. The van der Waals surface area contributed by atoms with Crippen molar-refractivity contribution in [3.05, 3.63) is 39.6 Å². The third kappa shape index (κ3) is 2.54. The smallest absolute Gasteiger partial charge is 0.253 e. The summed E-state index contributed by atoms with van der Waals surface area (Å²) in [5, 5.41) is 1.74. The predicted octanol–water partition coefficient (Wildman–Crippen LogP) is 3.23. The zero-order valence-electron chi connectivity index (χ0n) is 9.88. The summed E-state index contributed by atoms with van der Waals surface area (Å²) in [5.74, 6) is 0.738. The van der Waals surface area contributed by atoms with Gasteiger partial charge in [-0.15, -0.1) is 11.3 Å². The Labute approximate surface area is 118 Å². The van der Waals surface area contributed by atoms with E-state index in [0.717, 1.165) is 11.3 Å². The van der Waals surface area contributed by atoms with Gasteiger partial charge in [-0.2, -0.15) is 4.31 Å². The normalized spacial score (nSPS) is 12.2. The third-order valence-corrected chi connectivity index (χ3v) is 7.04. The lowest BCUT2D eigenvalue weighted by Gasteiger charge is -2.15. The molecule has 0 aliphatic rings. The first-order chi connectivity index (χ1) is 8.43. The Morgan fingerprint density at radius 3 is 2.67 bits per heavy atom. The molecule has 98 valence electrons. The summed E-state index contributed by atoms with van der Waals surface area (Å²) in [6, 6.07) is 3.51. The van der Waals surface area contributed by atoms with Crippen LogP contribution >= 0.6 is 27.3 Å². The van der Waals surface area contributed by atoms with E-state index in [9.17, 15) is 8.42 Å². The molecule has 2 heterocycles. The summed E-state index contributed by atoms with van der Waals surface area (Å²) in [6.07, 6.45) is 1.56. The lowest BCUT2D eigenvalue weighted by atomic mass is 10.3. The van der Waals surface area contributed by atoms with Crippen LogP contribution in [0.15, 0.2) is 36.9 Å². The number of thiophene rings is 1. The molecule has 0 atom stereocenters. The van der Waals surface area contributed by atoms with E-state index in [1.54, 1.807) is 30.8 Å². The molecular weight excluding hydrogens is 338 g/mol. The molecule has 0 amide bonds. The van der Waals surface area contributed by atoms with Gasteiger partial charge in [0, 0.05) is 23.6 Å². The minimum Gasteiger partial charge on any atom is -0.469 e. The molecule has 0 saturated heterocycles. The molecule has 18 heavy (non-hydrogen) atoms. The highest BCUT2D eigenvalue weighted by molar-refractivity contribution is 9.10. The van der Waals surface area contributed by atoms with Crippen LogP contribution in [0, 0.1) is 6.92 Å². The number of aryl methyl sites for hydroxylation is 1. The van der Waals surface area contributed by atoms with E-state index in [4.69, 9.17) is 4.42 Å². The number of hydrogen-bond acceptors (Lipinski definition) is 4. The SMILES string of the molecule is Cc1occc1CN(C)S(=O)(=O)c1sccc1Br. The number of halogens is 1. The van der Waals surface area contributed by atoms with Crippen molar-refractivity contribution < 1.29 is 12.8 Å². The lowest BCUT2D eigenvalue weighted by molar-refractivity contribution is 0.460. The molecule has 0 saturated carbocycles. The Hall–Kier alpha value is -0.630. The lowest BCUT2D eigenvalue weighted by Crippen LogP contribution is -2.26. The number of rotatable bonds is 4. The van der Waals surface area contributed by atoms with Gasteiger partial charge in [0.25, 0.3) is 10.0 Å². The highest BCUT2D eigenvalue weighted by Crippen LogP contribution is 2.30. The van der Waals surface area contributed by atoms with E-state index in [0.29, 0.717) is 15.2 Å². The van der Waals surface area contributed by atoms with E-state index in [1.165, 1.54) is 15.6 Å². The van der Waals surface area contributed by atoms with Crippen LogP contribution in [-0.2, 0) is 16.6 Å². The summed E-state index contributed by atoms with van der Waals surface area (Å²) in [4.78, 5) is 0. The van der Waals surface area contributed by atoms with E-state index >= 15 is 0 Å². The Kier molecular flexibility index (Phi) is 3.96. The van der Waals surface area contributed by atoms with Crippen LogP contribution in [0.1, 0.15) is 11.3 Å². The summed E-state index contributed by atoms with van der Waals surface area (Å²) >= 11 is 4.45. The average molecular weight is 350 g/mol. The van der Waals surface area contributed by atoms with Gasteiger partial charge in [-0.05, 0) is 40.4 Å². The maximum absolute atomic E-state index is 12.3. The molecule has 0 aliphatic heterocycles. The van der Waals surface area contributed by atoms with Gasteiger partial charge in [0.2, 0.25) is 0 Å². The quantitative estimate of drug-likeness (QED) is 0.851. The van der Waals surface area contributed by atoms with Gasteiger partial charge < -0.3 is 4.42 Å². The predicted molar refractivity (Wildman–Crippen MR) is 74.1 cm³/mol. The first kappa shape index (κ1) is 13.8. The van der Waals surface area contributed by atoms with Gasteiger partial charge in [0.15, 0.2) is 0 Å². The van der Waals surface area contributed by atoms with Crippen LogP contribution in [0.5, 0.6) is 0 Å².